The van der Waals surface area contributed by atoms with Gasteiger partial charge in [-0.15, -0.1) is 0 Å². The third-order valence-electron chi connectivity index (χ3n) is 5.00. The predicted octanol–water partition coefficient (Wildman–Crippen LogP) is 4.90. The van der Waals surface area contributed by atoms with Gasteiger partial charge >= 0.3 is 6.18 Å². The van der Waals surface area contributed by atoms with Crippen molar-refractivity contribution >= 4 is 27.4 Å². The number of alkyl halides is 3. The van der Waals surface area contributed by atoms with E-state index in [2.05, 4.69) is 15.3 Å². The lowest BCUT2D eigenvalue weighted by molar-refractivity contribution is -0.137. The quantitative estimate of drug-likeness (QED) is 0.379. The molecule has 33 heavy (non-hydrogen) atoms. The van der Waals surface area contributed by atoms with E-state index in [9.17, 15) is 13.2 Å². The zero-order valence-electron chi connectivity index (χ0n) is 17.8. The first kappa shape index (κ1) is 23.1. The fraction of sp³-hybridized carbons (Fsp3) is 0.261. The number of fused-ring (bicyclic) bond motifs is 1. The summed E-state index contributed by atoms with van der Waals surface area (Å²) in [5, 5.41) is 4.86. The fourth-order valence-corrected chi connectivity index (χ4v) is 4.32. The molecule has 0 aliphatic heterocycles. The van der Waals surface area contributed by atoms with E-state index in [4.69, 9.17) is 15.5 Å². The monoisotopic (exact) mass is 473 g/mol. The topological polar surface area (TPSA) is 86.0 Å². The van der Waals surface area contributed by atoms with Crippen molar-refractivity contribution in [1.82, 2.24) is 15.0 Å². The van der Waals surface area contributed by atoms with Crippen molar-refractivity contribution in [2.75, 3.05) is 19.0 Å². The number of rotatable bonds is 8. The minimum absolute atomic E-state index is 0.300. The first-order valence-electron chi connectivity index (χ1n) is 10.2. The van der Waals surface area contributed by atoms with Gasteiger partial charge in [-0.2, -0.15) is 13.2 Å². The average molecular weight is 474 g/mol. The molecule has 172 valence electrons. The van der Waals surface area contributed by atoms with Gasteiger partial charge in [-0.05, 0) is 42.3 Å². The SMILES string of the molecule is COCc1nc(NC[C@@H](N)Cc2ccc(C(F)(F)F)cc2)sc1-c1ccc2cnccc2n1. The lowest BCUT2D eigenvalue weighted by Crippen LogP contribution is -2.31. The molecule has 6 nitrogen and oxygen atoms in total. The number of nitrogens with two attached hydrogens (primary N) is 1. The Morgan fingerprint density at radius 2 is 1.88 bits per heavy atom. The molecule has 3 aromatic heterocycles. The highest BCUT2D eigenvalue weighted by Crippen LogP contribution is 2.33. The summed E-state index contributed by atoms with van der Waals surface area (Å²) in [6.07, 6.45) is -0.442. The van der Waals surface area contributed by atoms with Crippen LogP contribution < -0.4 is 11.1 Å². The summed E-state index contributed by atoms with van der Waals surface area (Å²) in [6.45, 7) is 0.748. The summed E-state index contributed by atoms with van der Waals surface area (Å²) in [6, 6.07) is 10.5. The molecule has 0 saturated heterocycles. The lowest BCUT2D eigenvalue weighted by Gasteiger charge is -2.13. The Morgan fingerprint density at radius 1 is 1.09 bits per heavy atom. The minimum Gasteiger partial charge on any atom is -0.378 e. The first-order chi connectivity index (χ1) is 15.8. The van der Waals surface area contributed by atoms with Gasteiger partial charge < -0.3 is 15.8 Å². The van der Waals surface area contributed by atoms with Gasteiger partial charge in [0.1, 0.15) is 0 Å². The molecule has 1 atom stereocenters. The number of nitrogens with one attached hydrogen (secondary N) is 1. The highest BCUT2D eigenvalue weighted by Gasteiger charge is 2.30. The van der Waals surface area contributed by atoms with Crippen LogP contribution in [0.3, 0.4) is 0 Å². The Morgan fingerprint density at radius 3 is 2.61 bits per heavy atom. The van der Waals surface area contributed by atoms with Crippen LogP contribution in [0.4, 0.5) is 18.3 Å². The third kappa shape index (κ3) is 5.65. The molecule has 4 rings (SSSR count). The van der Waals surface area contributed by atoms with Crippen molar-refractivity contribution in [2.24, 2.45) is 5.73 Å². The average Bonchev–Trinajstić information content (AvgIpc) is 3.20. The maximum absolute atomic E-state index is 12.7. The van der Waals surface area contributed by atoms with Crippen LogP contribution in [0.25, 0.3) is 21.5 Å². The van der Waals surface area contributed by atoms with Gasteiger partial charge in [0.2, 0.25) is 0 Å². The molecule has 3 N–H and O–H groups in total. The molecule has 1 aromatic carbocycles. The van der Waals surface area contributed by atoms with Crippen LogP contribution in [0.2, 0.25) is 0 Å². The number of ether oxygens (including phenoxy) is 1. The van der Waals surface area contributed by atoms with Gasteiger partial charge in [0, 0.05) is 37.5 Å². The lowest BCUT2D eigenvalue weighted by atomic mass is 10.0. The maximum atomic E-state index is 12.7. The summed E-state index contributed by atoms with van der Waals surface area (Å²) in [4.78, 5) is 14.4. The highest BCUT2D eigenvalue weighted by atomic mass is 32.1. The van der Waals surface area contributed by atoms with Crippen LogP contribution in [-0.2, 0) is 23.9 Å². The molecule has 0 spiro atoms. The molecule has 3 heterocycles. The van der Waals surface area contributed by atoms with Crippen LogP contribution >= 0.6 is 11.3 Å². The zero-order valence-corrected chi connectivity index (χ0v) is 18.6. The third-order valence-corrected chi connectivity index (χ3v) is 6.07. The molecule has 4 aromatic rings. The van der Waals surface area contributed by atoms with Crippen molar-refractivity contribution in [3.05, 3.63) is 71.7 Å². The van der Waals surface area contributed by atoms with Gasteiger partial charge in [-0.3, -0.25) is 4.98 Å². The fourth-order valence-electron chi connectivity index (χ4n) is 3.38. The largest absolute Gasteiger partial charge is 0.416 e. The smallest absolute Gasteiger partial charge is 0.378 e. The van der Waals surface area contributed by atoms with Gasteiger partial charge in [0.05, 0.1) is 34.0 Å². The molecule has 0 unspecified atom stereocenters. The molecule has 0 saturated carbocycles. The van der Waals surface area contributed by atoms with Gasteiger partial charge in [0.25, 0.3) is 0 Å². The normalized spacial score (nSPS) is 12.8. The standard InChI is InChI=1S/C23H22F3N5OS/c1-32-13-20-21(19-7-4-15-11-28-9-8-18(15)30-19)33-22(31-20)29-12-17(27)10-14-2-5-16(6-3-14)23(24,25)26/h2-9,11,17H,10,12-13,27H2,1H3,(H,29,31)/t17-/m0/s1. The van der Waals surface area contributed by atoms with Crippen molar-refractivity contribution in [2.45, 2.75) is 25.2 Å². The Labute approximate surface area is 192 Å². The number of hydrogen-bond acceptors (Lipinski definition) is 7. The Kier molecular flexibility index (Phi) is 6.87. The Bertz CT molecular complexity index is 1230. The van der Waals surface area contributed by atoms with Crippen molar-refractivity contribution in [3.8, 4) is 10.6 Å². The number of pyridine rings is 2. The molecular weight excluding hydrogens is 451 g/mol. The van der Waals surface area contributed by atoms with E-state index in [-0.39, 0.29) is 6.04 Å². The first-order valence-corrected chi connectivity index (χ1v) is 11.0. The molecule has 0 bridgehead atoms. The summed E-state index contributed by atoms with van der Waals surface area (Å²) in [5.74, 6) is 0. The summed E-state index contributed by atoms with van der Waals surface area (Å²) >= 11 is 1.45. The molecule has 0 aliphatic rings. The second-order valence-electron chi connectivity index (χ2n) is 7.53. The second kappa shape index (κ2) is 9.82. The molecule has 0 amide bonds. The number of aromatic nitrogens is 3. The van der Waals surface area contributed by atoms with E-state index in [0.717, 1.165) is 44.9 Å². The number of thiazole rings is 1. The van der Waals surface area contributed by atoms with E-state index in [1.807, 2.05) is 18.2 Å². The van der Waals surface area contributed by atoms with Crippen molar-refractivity contribution in [1.29, 1.82) is 0 Å². The van der Waals surface area contributed by atoms with Crippen molar-refractivity contribution < 1.29 is 17.9 Å². The van der Waals surface area contributed by atoms with Gasteiger partial charge in [-0.25, -0.2) is 9.97 Å². The number of methoxy groups -OCH3 is 1. The minimum atomic E-state index is -4.35. The number of halogens is 3. The summed E-state index contributed by atoms with van der Waals surface area (Å²) < 4.78 is 43.5. The second-order valence-corrected chi connectivity index (χ2v) is 8.53. The number of benzene rings is 1. The highest BCUT2D eigenvalue weighted by molar-refractivity contribution is 7.19. The van der Waals surface area contributed by atoms with E-state index in [1.54, 1.807) is 19.5 Å². The number of hydrogen-bond donors (Lipinski definition) is 2. The molecular formula is C23H22F3N5OS. The Balaban J connectivity index is 1.44. The van der Waals surface area contributed by atoms with E-state index in [1.165, 1.54) is 23.5 Å². The number of anilines is 1. The molecule has 0 fully saturated rings. The molecule has 10 heteroatoms. The number of nitrogens with zero attached hydrogens (tertiary/aromatic N) is 3. The zero-order chi connectivity index (χ0) is 23.4. The van der Waals surface area contributed by atoms with E-state index >= 15 is 0 Å². The van der Waals surface area contributed by atoms with E-state index < -0.39 is 11.7 Å². The summed E-state index contributed by atoms with van der Waals surface area (Å²) in [5.41, 5.74) is 8.68. The predicted molar refractivity (Wildman–Crippen MR) is 123 cm³/mol. The van der Waals surface area contributed by atoms with Gasteiger partial charge in [0.15, 0.2) is 5.13 Å². The van der Waals surface area contributed by atoms with Crippen LogP contribution in [0.5, 0.6) is 0 Å². The van der Waals surface area contributed by atoms with Crippen LogP contribution in [0, 0.1) is 0 Å². The molecule has 0 radical (unpaired) electrons. The van der Waals surface area contributed by atoms with Gasteiger partial charge in [-0.1, -0.05) is 23.5 Å². The van der Waals surface area contributed by atoms with Crippen LogP contribution in [0.15, 0.2) is 54.9 Å². The summed E-state index contributed by atoms with van der Waals surface area (Å²) in [7, 11) is 1.61. The van der Waals surface area contributed by atoms with Crippen LogP contribution in [-0.4, -0.2) is 34.6 Å². The van der Waals surface area contributed by atoms with Crippen molar-refractivity contribution in [3.63, 3.8) is 0 Å². The maximum Gasteiger partial charge on any atom is 0.416 e. The molecule has 0 aliphatic carbocycles. The van der Waals surface area contributed by atoms with E-state index in [0.29, 0.717) is 24.7 Å². The Hall–Kier alpha value is -3.08. The van der Waals surface area contributed by atoms with Crippen LogP contribution in [0.1, 0.15) is 16.8 Å².